The van der Waals surface area contributed by atoms with Crippen LogP contribution in [0.15, 0.2) is 207 Å². The number of rotatable bonds is 94. The predicted octanol–water partition coefficient (Wildman–Crippen LogP) is 31.9. The maximum Gasteiger partial charge on any atom is 0.472 e. The molecule has 0 radical (unpaired) electrons. The van der Waals surface area contributed by atoms with Gasteiger partial charge in [-0.2, -0.15) is 0 Å². The monoisotopic (exact) mass is 1810 g/mol. The van der Waals surface area contributed by atoms with Crippen LogP contribution in [-0.4, -0.2) is 95.9 Å². The molecule has 0 amide bonds. The smallest absolute Gasteiger partial charge is 0.463 e. The highest BCUT2D eigenvalue weighted by molar-refractivity contribution is 7.47. The highest BCUT2D eigenvalue weighted by Gasteiger charge is 2.30. The van der Waals surface area contributed by atoms with Crippen molar-refractivity contribution in [3.63, 3.8) is 0 Å². The molecule has 5 unspecified atom stereocenters. The van der Waals surface area contributed by atoms with Crippen molar-refractivity contribution in [3.05, 3.63) is 207 Å². The SMILES string of the molecule is CC/C=C\C/C=C\C/C=C\C/C=C\C/C=C\C/C=C\CCCCCCCCCCCCCCCCC(=O)OCC(O)COP(=O)(O)OCC(O)COP(=O)(O)OCC(COC(=O)CCCCCCCCCCCCCCCCCCC/C=C\C/C=C\C/C=C\C/C=C\C/C=C\CC)OC(=O)CCCCCCCC/C=C\C/C=C\C/C=C\C/C=C\C/C=C\C/C=C\CC. The number of aliphatic hydroxyl groups is 2. The number of aliphatic hydroxyl groups excluding tert-OH is 2. The van der Waals surface area contributed by atoms with E-state index in [0.717, 1.165) is 193 Å². The van der Waals surface area contributed by atoms with Crippen molar-refractivity contribution in [2.75, 3.05) is 39.6 Å². The molecular formula is C109H182O16P2. The number of carbonyl (C=O) groups excluding carboxylic acids is 3. The number of ether oxygens (including phenoxy) is 3. The van der Waals surface area contributed by atoms with E-state index in [1.54, 1.807) is 0 Å². The van der Waals surface area contributed by atoms with Gasteiger partial charge in [-0.15, -0.1) is 0 Å². The quantitative estimate of drug-likeness (QED) is 0.0146. The zero-order valence-corrected chi connectivity index (χ0v) is 81.9. The van der Waals surface area contributed by atoms with E-state index >= 15 is 0 Å². The van der Waals surface area contributed by atoms with Gasteiger partial charge in [-0.1, -0.05) is 426 Å². The normalized spacial score (nSPS) is 14.5. The first-order chi connectivity index (χ1) is 62.2. The van der Waals surface area contributed by atoms with Gasteiger partial charge in [0.2, 0.25) is 0 Å². The Morgan fingerprint density at radius 3 is 0.622 bits per heavy atom. The molecule has 0 aromatic rings. The minimum Gasteiger partial charge on any atom is -0.463 e. The molecule has 0 bridgehead atoms. The van der Waals surface area contributed by atoms with Crippen molar-refractivity contribution in [1.82, 2.24) is 0 Å². The molecule has 0 aromatic carbocycles. The summed E-state index contributed by atoms with van der Waals surface area (Å²) in [4.78, 5) is 59.2. The minimum absolute atomic E-state index is 0.0822. The molecule has 18 heteroatoms. The van der Waals surface area contributed by atoms with Crippen LogP contribution in [0.3, 0.4) is 0 Å². The van der Waals surface area contributed by atoms with Crippen LogP contribution in [0, 0.1) is 0 Å². The number of unbranched alkanes of at least 4 members (excludes halogenated alkanes) is 37. The van der Waals surface area contributed by atoms with Crippen LogP contribution in [0.25, 0.3) is 0 Å². The van der Waals surface area contributed by atoms with Crippen molar-refractivity contribution in [1.29, 1.82) is 0 Å². The summed E-state index contributed by atoms with van der Waals surface area (Å²) in [6.45, 7) is 2.37. The Kier molecular flexibility index (Phi) is 94.6. The van der Waals surface area contributed by atoms with Crippen LogP contribution < -0.4 is 0 Å². The largest absolute Gasteiger partial charge is 0.472 e. The Balaban J connectivity index is 4.62. The molecule has 0 saturated heterocycles. The molecule has 0 aliphatic heterocycles. The van der Waals surface area contributed by atoms with E-state index in [-0.39, 0.29) is 19.3 Å². The van der Waals surface area contributed by atoms with E-state index in [0.29, 0.717) is 19.3 Å². The second-order valence-corrected chi connectivity index (χ2v) is 36.0. The first kappa shape index (κ1) is 121. The minimum atomic E-state index is -4.96. The van der Waals surface area contributed by atoms with Crippen LogP contribution in [0.2, 0.25) is 0 Å². The van der Waals surface area contributed by atoms with E-state index in [9.17, 15) is 43.5 Å². The molecule has 0 spiro atoms. The number of phosphoric acid groups is 2. The summed E-state index contributed by atoms with van der Waals surface area (Å²) < 4.78 is 61.7. The van der Waals surface area contributed by atoms with Gasteiger partial charge in [-0.3, -0.25) is 32.5 Å². The average Bonchev–Trinajstić information content (AvgIpc) is 0.899. The maximum absolute atomic E-state index is 13.1. The summed E-state index contributed by atoms with van der Waals surface area (Å²) in [6.07, 6.45) is 135. The third-order valence-corrected chi connectivity index (χ3v) is 22.9. The molecule has 16 nitrogen and oxygen atoms in total. The molecule has 0 saturated carbocycles. The fourth-order valence-electron chi connectivity index (χ4n) is 13.5. The lowest BCUT2D eigenvalue weighted by Crippen LogP contribution is -2.30. The third kappa shape index (κ3) is 101. The van der Waals surface area contributed by atoms with E-state index in [2.05, 4.69) is 227 Å². The highest BCUT2D eigenvalue weighted by Crippen LogP contribution is 2.45. The van der Waals surface area contributed by atoms with Crippen molar-refractivity contribution >= 4 is 33.6 Å². The lowest BCUT2D eigenvalue weighted by atomic mass is 10.0. The fourth-order valence-corrected chi connectivity index (χ4v) is 15.1. The van der Waals surface area contributed by atoms with Gasteiger partial charge in [0.1, 0.15) is 25.4 Å². The number of hydrogen-bond acceptors (Lipinski definition) is 14. The summed E-state index contributed by atoms with van der Waals surface area (Å²) in [5, 5.41) is 20.8. The predicted molar refractivity (Wildman–Crippen MR) is 537 cm³/mol. The Morgan fingerprint density at radius 1 is 0.220 bits per heavy atom. The second kappa shape index (κ2) is 99.1. The first-order valence-corrected chi connectivity index (χ1v) is 53.4. The second-order valence-electron chi connectivity index (χ2n) is 33.1. The van der Waals surface area contributed by atoms with E-state index in [1.807, 2.05) is 0 Å². The van der Waals surface area contributed by atoms with Gasteiger partial charge in [0.05, 0.1) is 26.4 Å². The van der Waals surface area contributed by atoms with Gasteiger partial charge in [-0.05, 0) is 167 Å². The highest BCUT2D eigenvalue weighted by atomic mass is 31.2. The summed E-state index contributed by atoms with van der Waals surface area (Å²) >= 11 is 0. The molecule has 5 atom stereocenters. The molecule has 127 heavy (non-hydrogen) atoms. The van der Waals surface area contributed by atoms with Gasteiger partial charge in [0, 0.05) is 19.3 Å². The zero-order chi connectivity index (χ0) is 92.1. The van der Waals surface area contributed by atoms with Crippen molar-refractivity contribution in [2.24, 2.45) is 0 Å². The molecule has 0 fully saturated rings. The van der Waals surface area contributed by atoms with Crippen molar-refractivity contribution in [3.8, 4) is 0 Å². The molecule has 0 aromatic heterocycles. The topological polar surface area (TPSA) is 231 Å². The van der Waals surface area contributed by atoms with Gasteiger partial charge >= 0.3 is 33.6 Å². The van der Waals surface area contributed by atoms with Crippen molar-refractivity contribution in [2.45, 2.75) is 424 Å². The summed E-state index contributed by atoms with van der Waals surface area (Å²) in [7, 11) is -9.83. The van der Waals surface area contributed by atoms with Crippen LogP contribution in [0.4, 0.5) is 0 Å². The Hall–Kier alpha value is -5.87. The molecule has 0 aliphatic carbocycles. The first-order valence-electron chi connectivity index (χ1n) is 50.4. The van der Waals surface area contributed by atoms with Crippen LogP contribution in [0.5, 0.6) is 0 Å². The number of esters is 3. The lowest BCUT2D eigenvalue weighted by Gasteiger charge is -2.21. The molecule has 0 rings (SSSR count). The van der Waals surface area contributed by atoms with Crippen LogP contribution in [0.1, 0.15) is 406 Å². The number of phosphoric ester groups is 2. The molecule has 724 valence electrons. The summed E-state index contributed by atoms with van der Waals surface area (Å²) in [5.41, 5.74) is 0. The van der Waals surface area contributed by atoms with Gasteiger partial charge < -0.3 is 34.2 Å². The Labute approximate surface area is 775 Å². The third-order valence-electron chi connectivity index (χ3n) is 21.0. The Morgan fingerprint density at radius 2 is 0.394 bits per heavy atom. The standard InChI is InChI=1S/C109H182O16P2/c1-4-7-10-13-16-19-22-25-28-31-34-37-40-43-45-47-49-51-53-55-57-60-62-65-68-71-74-77-80-83-86-89-92-95-107(112)119-98-104(110)99-121-126(115,116)122-100-105(111)101-123-127(117,118)124-103-106(125-109(114)97-94-91-88-85-82-79-76-73-70-67-64-59-42-39-36-33-30-27-24-21-18-15-12-9-6-3)102-120-108(113)96-93-90-87-84-81-78-75-72-69-66-63-61-58-56-54-52-50-48-46-44-41-38-35-32-29-26-23-20-17-14-11-8-5-2/h7-12,16-21,25-30,34-39,43-46,49,51,59,64,70,73,104-106,110-111H,4-6,13-15,22-24,31-33,40-42,47-48,50,52-58,60-63,65-69,71-72,74-103H2,1-3H3,(H,115,116)(H,117,118)/b10-7-,11-8-,12-9-,19-16-,20-17-,21-18-,28-25-,29-26-,30-27-,37-34-,38-35-,39-36-,45-43-,46-44-,51-49-,64-59-,73-70-. The van der Waals surface area contributed by atoms with Crippen LogP contribution >= 0.6 is 15.6 Å². The summed E-state index contributed by atoms with van der Waals surface area (Å²) in [5.74, 6) is -1.59. The van der Waals surface area contributed by atoms with E-state index < -0.39 is 91.5 Å². The number of allylic oxidation sites excluding steroid dienone is 34. The number of carbonyl (C=O) groups is 3. The van der Waals surface area contributed by atoms with Gasteiger partial charge in [0.25, 0.3) is 0 Å². The Bertz CT molecular complexity index is 3140. The van der Waals surface area contributed by atoms with E-state index in [4.69, 9.17) is 32.3 Å². The lowest BCUT2D eigenvalue weighted by molar-refractivity contribution is -0.161. The molecule has 4 N–H and O–H groups in total. The molecule has 0 aliphatic rings. The average molecular weight is 1810 g/mol. The van der Waals surface area contributed by atoms with Crippen molar-refractivity contribution < 1.29 is 75.8 Å². The molecule has 0 heterocycles. The maximum atomic E-state index is 13.1. The van der Waals surface area contributed by atoms with Crippen LogP contribution in [-0.2, 0) is 55.8 Å². The zero-order valence-electron chi connectivity index (χ0n) is 80.1. The number of hydrogen-bond donors (Lipinski definition) is 4. The summed E-state index contributed by atoms with van der Waals surface area (Å²) in [6, 6.07) is 0. The van der Waals surface area contributed by atoms with E-state index in [1.165, 1.54) is 154 Å². The fraction of sp³-hybridized carbons (Fsp3) is 0.661. The van der Waals surface area contributed by atoms with Gasteiger partial charge in [-0.25, -0.2) is 9.13 Å². The molecular weight excluding hydrogens is 1630 g/mol. The van der Waals surface area contributed by atoms with Gasteiger partial charge in [0.15, 0.2) is 6.10 Å².